The van der Waals surface area contributed by atoms with E-state index in [1.165, 1.54) is 5.56 Å². The highest BCUT2D eigenvalue weighted by atomic mass is 15.3. The second kappa shape index (κ2) is 5.65. The van der Waals surface area contributed by atoms with Crippen LogP contribution < -0.4 is 11.3 Å². The maximum Gasteiger partial charge on any atom is 0.140 e. The molecule has 0 aromatic carbocycles. The van der Waals surface area contributed by atoms with Crippen LogP contribution in [0.15, 0.2) is 18.3 Å². The maximum absolute atomic E-state index is 5.38. The lowest BCUT2D eigenvalue weighted by molar-refractivity contribution is 0.0556. The van der Waals surface area contributed by atoms with Gasteiger partial charge in [0.2, 0.25) is 0 Å². The Hall–Kier alpha value is -1.17. The molecule has 0 spiro atoms. The molecule has 1 aliphatic rings. The standard InChI is InChI=1S/C13H23N5/c1-10-7-18(8-11(2)17(10)3)9-12-4-5-15-13(6-12)16-14/h4-6,10-11H,7-9,14H2,1-3H3,(H,15,16). The lowest BCUT2D eigenvalue weighted by atomic mass is 10.1. The zero-order valence-electron chi connectivity index (χ0n) is 11.4. The van der Waals surface area contributed by atoms with E-state index in [0.29, 0.717) is 12.1 Å². The van der Waals surface area contributed by atoms with Crippen molar-refractivity contribution in [2.45, 2.75) is 32.5 Å². The maximum atomic E-state index is 5.38. The summed E-state index contributed by atoms with van der Waals surface area (Å²) in [5.41, 5.74) is 3.84. The van der Waals surface area contributed by atoms with Gasteiger partial charge < -0.3 is 5.43 Å². The highest BCUT2D eigenvalue weighted by Crippen LogP contribution is 2.16. The number of rotatable bonds is 3. The van der Waals surface area contributed by atoms with Gasteiger partial charge in [0.05, 0.1) is 0 Å². The van der Waals surface area contributed by atoms with Crippen molar-refractivity contribution in [1.29, 1.82) is 0 Å². The topological polar surface area (TPSA) is 57.4 Å². The summed E-state index contributed by atoms with van der Waals surface area (Å²) in [5.74, 6) is 6.11. The number of hydrogen-bond donors (Lipinski definition) is 2. The van der Waals surface area contributed by atoms with Crippen LogP contribution in [0.3, 0.4) is 0 Å². The van der Waals surface area contributed by atoms with Crippen molar-refractivity contribution in [3.05, 3.63) is 23.9 Å². The number of nitrogens with one attached hydrogen (secondary N) is 1. The van der Waals surface area contributed by atoms with E-state index < -0.39 is 0 Å². The van der Waals surface area contributed by atoms with E-state index in [0.717, 1.165) is 25.5 Å². The van der Waals surface area contributed by atoms with Gasteiger partial charge in [-0.15, -0.1) is 0 Å². The molecule has 1 aromatic heterocycles. The molecular weight excluding hydrogens is 226 g/mol. The first kappa shape index (κ1) is 13.3. The summed E-state index contributed by atoms with van der Waals surface area (Å²) in [7, 11) is 2.20. The van der Waals surface area contributed by atoms with Crippen LogP contribution in [-0.4, -0.2) is 47.0 Å². The molecule has 0 bridgehead atoms. The molecule has 2 rings (SSSR count). The summed E-state index contributed by atoms with van der Waals surface area (Å²) in [4.78, 5) is 9.06. The number of likely N-dealkylation sites (N-methyl/N-ethyl adjacent to an activating group) is 1. The highest BCUT2D eigenvalue weighted by molar-refractivity contribution is 5.35. The van der Waals surface area contributed by atoms with Crippen molar-refractivity contribution in [2.75, 3.05) is 25.6 Å². The van der Waals surface area contributed by atoms with Crippen LogP contribution in [0.4, 0.5) is 5.82 Å². The largest absolute Gasteiger partial charge is 0.308 e. The van der Waals surface area contributed by atoms with E-state index in [2.05, 4.69) is 47.2 Å². The van der Waals surface area contributed by atoms with E-state index in [1.807, 2.05) is 6.07 Å². The molecule has 0 aliphatic carbocycles. The molecule has 1 aliphatic heterocycles. The van der Waals surface area contributed by atoms with Crippen LogP contribution in [-0.2, 0) is 6.54 Å². The van der Waals surface area contributed by atoms with Gasteiger partial charge in [-0.3, -0.25) is 9.80 Å². The molecule has 18 heavy (non-hydrogen) atoms. The fraction of sp³-hybridized carbons (Fsp3) is 0.615. The van der Waals surface area contributed by atoms with Crippen LogP contribution >= 0.6 is 0 Å². The smallest absolute Gasteiger partial charge is 0.140 e. The fourth-order valence-electron chi connectivity index (χ4n) is 2.55. The van der Waals surface area contributed by atoms with Gasteiger partial charge in [0.25, 0.3) is 0 Å². The molecule has 3 N–H and O–H groups in total. The first-order valence-electron chi connectivity index (χ1n) is 6.46. The van der Waals surface area contributed by atoms with Gasteiger partial charge in [0.15, 0.2) is 0 Å². The molecule has 2 atom stereocenters. The second-order valence-corrected chi connectivity index (χ2v) is 5.25. The number of aromatic nitrogens is 1. The summed E-state index contributed by atoms with van der Waals surface area (Å²) >= 11 is 0. The molecule has 2 heterocycles. The monoisotopic (exact) mass is 249 g/mol. The third-order valence-electron chi connectivity index (χ3n) is 3.81. The van der Waals surface area contributed by atoms with Crippen LogP contribution in [0.25, 0.3) is 0 Å². The van der Waals surface area contributed by atoms with Crippen molar-refractivity contribution in [3.8, 4) is 0 Å². The van der Waals surface area contributed by atoms with Crippen molar-refractivity contribution in [3.63, 3.8) is 0 Å². The van der Waals surface area contributed by atoms with Crippen molar-refractivity contribution >= 4 is 5.82 Å². The molecule has 100 valence electrons. The van der Waals surface area contributed by atoms with Crippen LogP contribution in [0.1, 0.15) is 19.4 Å². The van der Waals surface area contributed by atoms with E-state index in [9.17, 15) is 0 Å². The second-order valence-electron chi connectivity index (χ2n) is 5.25. The molecule has 5 heteroatoms. The Morgan fingerprint density at radius 3 is 2.67 bits per heavy atom. The number of hydrazine groups is 1. The average molecular weight is 249 g/mol. The molecule has 0 amide bonds. The average Bonchev–Trinajstić information content (AvgIpc) is 2.36. The Labute approximate surface area is 109 Å². The van der Waals surface area contributed by atoms with E-state index >= 15 is 0 Å². The van der Waals surface area contributed by atoms with Gasteiger partial charge in [-0.1, -0.05) is 0 Å². The van der Waals surface area contributed by atoms with Crippen molar-refractivity contribution in [1.82, 2.24) is 14.8 Å². The summed E-state index contributed by atoms with van der Waals surface area (Å²) in [6.45, 7) is 7.73. The Morgan fingerprint density at radius 2 is 2.06 bits per heavy atom. The fourth-order valence-corrected chi connectivity index (χ4v) is 2.55. The molecule has 1 aromatic rings. The number of nitrogen functional groups attached to an aromatic ring is 1. The molecular formula is C13H23N5. The SMILES string of the molecule is CC1CN(Cc2ccnc(NN)c2)CC(C)N1C. The number of piperazine rings is 1. The first-order chi connectivity index (χ1) is 8.60. The van der Waals surface area contributed by atoms with Crippen LogP contribution in [0, 0.1) is 0 Å². The molecule has 2 unspecified atom stereocenters. The Bertz CT molecular complexity index is 383. The third-order valence-corrected chi connectivity index (χ3v) is 3.81. The number of anilines is 1. The highest BCUT2D eigenvalue weighted by Gasteiger charge is 2.26. The minimum absolute atomic E-state index is 0.600. The molecule has 5 nitrogen and oxygen atoms in total. The van der Waals surface area contributed by atoms with Gasteiger partial charge >= 0.3 is 0 Å². The predicted molar refractivity (Wildman–Crippen MR) is 74.0 cm³/mol. The third kappa shape index (κ3) is 2.98. The lowest BCUT2D eigenvalue weighted by Crippen LogP contribution is -2.54. The summed E-state index contributed by atoms with van der Waals surface area (Å²) < 4.78 is 0. The predicted octanol–water partition coefficient (Wildman–Crippen LogP) is 0.892. The van der Waals surface area contributed by atoms with Gasteiger partial charge in [-0.25, -0.2) is 10.8 Å². The normalized spacial score (nSPS) is 26.2. The van der Waals surface area contributed by atoms with E-state index in [4.69, 9.17) is 5.84 Å². The first-order valence-corrected chi connectivity index (χ1v) is 6.46. The molecule has 1 fully saturated rings. The van der Waals surface area contributed by atoms with Crippen molar-refractivity contribution < 1.29 is 0 Å². The summed E-state index contributed by atoms with van der Waals surface area (Å²) in [5, 5.41) is 0. The number of nitrogens with zero attached hydrogens (tertiary/aromatic N) is 3. The zero-order valence-corrected chi connectivity index (χ0v) is 11.4. The van der Waals surface area contributed by atoms with Gasteiger partial charge in [-0.05, 0) is 38.6 Å². The molecule has 1 saturated heterocycles. The lowest BCUT2D eigenvalue weighted by Gasteiger charge is -2.42. The quantitative estimate of drug-likeness (QED) is 0.615. The van der Waals surface area contributed by atoms with Gasteiger partial charge in [-0.2, -0.15) is 0 Å². The Kier molecular flexibility index (Phi) is 4.16. The number of pyridine rings is 1. The number of nitrogens with two attached hydrogens (primary N) is 1. The Balaban J connectivity index is 2.00. The van der Waals surface area contributed by atoms with Crippen LogP contribution in [0.2, 0.25) is 0 Å². The number of hydrogen-bond acceptors (Lipinski definition) is 5. The van der Waals surface area contributed by atoms with E-state index in [1.54, 1.807) is 6.20 Å². The molecule has 0 radical (unpaired) electrons. The summed E-state index contributed by atoms with van der Waals surface area (Å²) in [6.07, 6.45) is 1.80. The minimum Gasteiger partial charge on any atom is -0.308 e. The van der Waals surface area contributed by atoms with Gasteiger partial charge in [0, 0.05) is 37.9 Å². The van der Waals surface area contributed by atoms with Crippen molar-refractivity contribution in [2.24, 2.45) is 5.84 Å². The molecule has 0 saturated carbocycles. The minimum atomic E-state index is 0.600. The van der Waals surface area contributed by atoms with Crippen LogP contribution in [0.5, 0.6) is 0 Å². The Morgan fingerprint density at radius 1 is 1.39 bits per heavy atom. The van der Waals surface area contributed by atoms with Gasteiger partial charge in [0.1, 0.15) is 5.82 Å². The van der Waals surface area contributed by atoms with E-state index in [-0.39, 0.29) is 0 Å². The zero-order chi connectivity index (χ0) is 13.1. The summed E-state index contributed by atoms with van der Waals surface area (Å²) in [6, 6.07) is 5.26.